The highest BCUT2D eigenvalue weighted by Crippen LogP contribution is 2.27. The van der Waals surface area contributed by atoms with Crippen molar-refractivity contribution in [1.29, 1.82) is 0 Å². The van der Waals surface area contributed by atoms with Gasteiger partial charge in [0.2, 0.25) is 0 Å². The first-order valence-electron chi connectivity index (χ1n) is 4.26. The summed E-state index contributed by atoms with van der Waals surface area (Å²) in [6.45, 7) is 1.51. The number of ether oxygens (including phenoxy) is 1. The minimum atomic E-state index is -0.718. The summed E-state index contributed by atoms with van der Waals surface area (Å²) in [6.07, 6.45) is 0. The van der Waals surface area contributed by atoms with E-state index in [0.29, 0.717) is 0 Å². The quantitative estimate of drug-likeness (QED) is 0.268. The summed E-state index contributed by atoms with van der Waals surface area (Å²) >= 11 is 0. The van der Waals surface area contributed by atoms with E-state index in [4.69, 9.17) is 16.0 Å². The molecule has 0 aliphatic heterocycles. The molecule has 0 bridgehead atoms. The predicted molar refractivity (Wildman–Crippen MR) is 54.5 cm³/mol. The zero-order valence-corrected chi connectivity index (χ0v) is 8.12. The summed E-state index contributed by atoms with van der Waals surface area (Å²) in [4.78, 5) is 13.8. The van der Waals surface area contributed by atoms with Crippen LogP contribution in [0.5, 0.6) is 5.75 Å². The molecule has 15 heavy (non-hydrogen) atoms. The maximum Gasteiger partial charge on any atom is 0.328 e. The van der Waals surface area contributed by atoms with E-state index in [1.807, 2.05) is 0 Å². The molecule has 0 amide bonds. The molecule has 0 aliphatic rings. The van der Waals surface area contributed by atoms with Gasteiger partial charge in [-0.2, -0.15) is 0 Å². The van der Waals surface area contributed by atoms with Crippen LogP contribution in [0.1, 0.15) is 6.92 Å². The van der Waals surface area contributed by atoms with Gasteiger partial charge in [-0.15, -0.1) is 0 Å². The van der Waals surface area contributed by atoms with Crippen LogP contribution in [0.2, 0.25) is 0 Å². The number of azide groups is 1. The van der Waals surface area contributed by atoms with E-state index >= 15 is 0 Å². The summed E-state index contributed by atoms with van der Waals surface area (Å²) < 4.78 is 4.93. The summed E-state index contributed by atoms with van der Waals surface area (Å²) in [5, 5.41) is 3.38. The van der Waals surface area contributed by atoms with Gasteiger partial charge in [-0.25, -0.2) is 4.79 Å². The van der Waals surface area contributed by atoms with E-state index in [1.54, 1.807) is 18.2 Å². The fraction of sp³-hybridized carbons (Fsp3) is 0.222. The van der Waals surface area contributed by atoms with Gasteiger partial charge >= 0.3 is 5.97 Å². The molecule has 0 radical (unpaired) electrons. The highest BCUT2D eigenvalue weighted by molar-refractivity contribution is 5.78. The van der Waals surface area contributed by atoms with Gasteiger partial charge in [0.05, 0.1) is 5.69 Å². The average molecular weight is 206 g/mol. The van der Waals surface area contributed by atoms with E-state index in [0.717, 1.165) is 0 Å². The Morgan fingerprint density at radius 2 is 2.27 bits per heavy atom. The molecule has 2 N–H and O–H groups in total. The number of carbonyl (C=O) groups is 1. The first-order valence-corrected chi connectivity index (χ1v) is 4.26. The Kier molecular flexibility index (Phi) is 3.68. The third kappa shape index (κ3) is 2.98. The van der Waals surface area contributed by atoms with Crippen molar-refractivity contribution in [2.24, 2.45) is 10.8 Å². The van der Waals surface area contributed by atoms with Gasteiger partial charge in [-0.1, -0.05) is 17.2 Å². The summed E-state index contributed by atoms with van der Waals surface area (Å²) in [6, 6.07) is 5.70. The third-order valence-electron chi connectivity index (χ3n) is 1.60. The van der Waals surface area contributed by atoms with Crippen LogP contribution >= 0.6 is 0 Å². The second kappa shape index (κ2) is 4.99. The Morgan fingerprint density at radius 1 is 1.60 bits per heavy atom. The second-order valence-corrected chi connectivity index (χ2v) is 2.87. The van der Waals surface area contributed by atoms with Gasteiger partial charge < -0.3 is 10.5 Å². The van der Waals surface area contributed by atoms with Crippen LogP contribution < -0.4 is 10.5 Å². The molecule has 0 saturated carbocycles. The number of benzene rings is 1. The van der Waals surface area contributed by atoms with Crippen LogP contribution in [-0.4, -0.2) is 12.0 Å². The molecule has 6 heteroatoms. The van der Waals surface area contributed by atoms with Crippen LogP contribution in [0.15, 0.2) is 29.4 Å². The molecule has 1 aromatic rings. The lowest BCUT2D eigenvalue weighted by Crippen LogP contribution is -2.30. The zero-order valence-electron chi connectivity index (χ0n) is 8.12. The third-order valence-corrected chi connectivity index (χ3v) is 1.60. The Bertz CT molecular complexity index is 410. The van der Waals surface area contributed by atoms with Crippen LogP contribution in [-0.2, 0) is 4.79 Å². The fourth-order valence-corrected chi connectivity index (χ4v) is 0.876. The number of esters is 1. The maximum absolute atomic E-state index is 11.2. The molecule has 1 atom stereocenters. The van der Waals surface area contributed by atoms with Crippen LogP contribution in [0.25, 0.3) is 10.4 Å². The van der Waals surface area contributed by atoms with E-state index in [2.05, 4.69) is 10.0 Å². The smallest absolute Gasteiger partial charge is 0.328 e. The number of nitrogens with two attached hydrogens (primary N) is 1. The summed E-state index contributed by atoms with van der Waals surface area (Å²) in [5.41, 5.74) is 13.9. The van der Waals surface area contributed by atoms with E-state index in [-0.39, 0.29) is 11.4 Å². The molecule has 0 fully saturated rings. The van der Waals surface area contributed by atoms with Crippen molar-refractivity contribution in [1.82, 2.24) is 0 Å². The molecule has 1 rings (SSSR count). The van der Waals surface area contributed by atoms with Crippen molar-refractivity contribution in [2.45, 2.75) is 13.0 Å². The number of carbonyl (C=O) groups excluding carboxylic acids is 1. The molecular formula is C9H10N4O2. The lowest BCUT2D eigenvalue weighted by Gasteiger charge is -2.08. The van der Waals surface area contributed by atoms with Crippen LogP contribution in [0.3, 0.4) is 0 Å². The number of rotatable bonds is 3. The Hall–Kier alpha value is -2.04. The maximum atomic E-state index is 11.2. The van der Waals surface area contributed by atoms with Crippen molar-refractivity contribution in [2.75, 3.05) is 0 Å². The molecule has 1 aromatic carbocycles. The number of hydrogen-bond acceptors (Lipinski definition) is 4. The topological polar surface area (TPSA) is 101 Å². The first kappa shape index (κ1) is 11.0. The van der Waals surface area contributed by atoms with Gasteiger partial charge in [-0.05, 0) is 24.6 Å². The predicted octanol–water partition coefficient (Wildman–Crippen LogP) is 1.88. The molecule has 0 aromatic heterocycles. The van der Waals surface area contributed by atoms with Crippen molar-refractivity contribution in [3.63, 3.8) is 0 Å². The van der Waals surface area contributed by atoms with Crippen LogP contribution in [0, 0.1) is 0 Å². The minimum Gasteiger partial charge on any atom is -0.425 e. The van der Waals surface area contributed by atoms with Gasteiger partial charge in [0, 0.05) is 4.91 Å². The Labute approximate surface area is 86.3 Å². The molecule has 0 spiro atoms. The van der Waals surface area contributed by atoms with Crippen molar-refractivity contribution >= 4 is 11.7 Å². The minimum absolute atomic E-state index is 0.206. The lowest BCUT2D eigenvalue weighted by molar-refractivity contribution is -0.135. The molecule has 0 heterocycles. The number of para-hydroxylation sites is 1. The molecule has 0 unspecified atom stereocenters. The van der Waals surface area contributed by atoms with Crippen molar-refractivity contribution in [3.05, 3.63) is 34.7 Å². The molecule has 0 aliphatic carbocycles. The number of hydrogen-bond donors (Lipinski definition) is 1. The second-order valence-electron chi connectivity index (χ2n) is 2.87. The van der Waals surface area contributed by atoms with Crippen molar-refractivity contribution < 1.29 is 9.53 Å². The molecule has 78 valence electrons. The van der Waals surface area contributed by atoms with Crippen LogP contribution in [0.4, 0.5) is 5.69 Å². The Morgan fingerprint density at radius 3 is 2.87 bits per heavy atom. The van der Waals surface area contributed by atoms with Gasteiger partial charge in [0.15, 0.2) is 0 Å². The first-order chi connectivity index (χ1) is 7.15. The number of nitrogens with zero attached hydrogens (tertiary/aromatic N) is 3. The lowest BCUT2D eigenvalue weighted by atomic mass is 10.3. The average Bonchev–Trinajstić information content (AvgIpc) is 2.21. The Balaban J connectivity index is 2.94. The van der Waals surface area contributed by atoms with Gasteiger partial charge in [0.1, 0.15) is 11.8 Å². The molecular weight excluding hydrogens is 196 g/mol. The van der Waals surface area contributed by atoms with Gasteiger partial charge in [0.25, 0.3) is 0 Å². The van der Waals surface area contributed by atoms with E-state index < -0.39 is 12.0 Å². The summed E-state index contributed by atoms with van der Waals surface area (Å²) in [5.74, 6) is -0.367. The van der Waals surface area contributed by atoms with Crippen molar-refractivity contribution in [3.8, 4) is 5.75 Å². The highest BCUT2D eigenvalue weighted by Gasteiger charge is 2.11. The summed E-state index contributed by atoms with van der Waals surface area (Å²) in [7, 11) is 0. The standard InChI is InChI=1S/C9H10N4O2/c1-6(10)9(14)15-8-5-3-2-4-7(8)12-13-11/h2-6H,10H2,1H3/t6-/m0/s1. The zero-order chi connectivity index (χ0) is 11.3. The van der Waals surface area contributed by atoms with Gasteiger partial charge in [-0.3, -0.25) is 0 Å². The van der Waals surface area contributed by atoms with E-state index in [1.165, 1.54) is 13.0 Å². The monoisotopic (exact) mass is 206 g/mol. The SMILES string of the molecule is C[C@H](N)C(=O)Oc1ccccc1N=[N+]=[N-]. The normalized spacial score (nSPS) is 11.3. The molecule has 6 nitrogen and oxygen atoms in total. The molecule has 0 saturated heterocycles. The highest BCUT2D eigenvalue weighted by atomic mass is 16.5. The fourth-order valence-electron chi connectivity index (χ4n) is 0.876. The largest absolute Gasteiger partial charge is 0.425 e. The van der Waals surface area contributed by atoms with E-state index in [9.17, 15) is 4.79 Å².